The maximum Gasteiger partial charge on any atom is 2.00 e. The maximum atomic E-state index is 14.4. The van der Waals surface area contributed by atoms with Gasteiger partial charge in [-0.3, -0.25) is 9.13 Å². The Kier molecular flexibility index (Phi) is 42.2. The molecule has 460 valence electrons. The van der Waals surface area contributed by atoms with E-state index in [2.05, 4.69) is 55.4 Å². The van der Waals surface area contributed by atoms with Crippen molar-refractivity contribution in [3.63, 3.8) is 0 Å². The molecule has 11 heteroatoms. The smallest absolute Gasteiger partial charge is 1.00 e. The normalized spacial score (nSPS) is 13.3. The molecular weight excluding hydrogens is 1050 g/mol. The van der Waals surface area contributed by atoms with Gasteiger partial charge in [-0.15, -0.1) is 0 Å². The van der Waals surface area contributed by atoms with Gasteiger partial charge in [0.1, 0.15) is 11.5 Å². The topological polar surface area (TPSA) is 123 Å². The van der Waals surface area contributed by atoms with Crippen molar-refractivity contribution in [3.05, 3.63) is 57.6 Å². The van der Waals surface area contributed by atoms with Crippen molar-refractivity contribution in [1.29, 1.82) is 0 Å². The Morgan fingerprint density at radius 2 is 0.582 bits per heavy atom. The van der Waals surface area contributed by atoms with E-state index in [-0.39, 0.29) is 86.9 Å². The predicted molar refractivity (Wildman–Crippen MR) is 346 cm³/mol. The van der Waals surface area contributed by atoms with E-state index < -0.39 is 15.2 Å². The molecule has 8 nitrogen and oxygen atoms in total. The average molecular weight is 1180 g/mol. The number of benzene rings is 2. The molecule has 3 N–H and O–H groups in total. The molecule has 0 saturated heterocycles. The van der Waals surface area contributed by atoms with Crippen LogP contribution < -0.4 is 0 Å². The van der Waals surface area contributed by atoms with Gasteiger partial charge in [0.25, 0.3) is 0 Å². The van der Waals surface area contributed by atoms with Gasteiger partial charge < -0.3 is 31.5 Å². The Balaban J connectivity index is -0.00000204. The largest absolute Gasteiger partial charge is 2.00 e. The number of hydrogen-bond acceptors (Lipinski definition) is 7. The summed E-state index contributed by atoms with van der Waals surface area (Å²) in [6.45, 7) is 32.3. The van der Waals surface area contributed by atoms with Crippen molar-refractivity contribution in [2.24, 2.45) is 0 Å². The molecule has 0 aliphatic rings. The van der Waals surface area contributed by atoms with Gasteiger partial charge in [0, 0.05) is 0 Å². The molecular formula is C68H128CaO8P2. The van der Waals surface area contributed by atoms with Gasteiger partial charge in [0.15, 0.2) is 0 Å². The summed E-state index contributed by atoms with van der Waals surface area (Å²) in [5.74, 6) is 0.625. The summed E-state index contributed by atoms with van der Waals surface area (Å²) in [6, 6.07) is 7.69. The van der Waals surface area contributed by atoms with E-state index in [1.165, 1.54) is 180 Å². The molecule has 0 aliphatic heterocycles. The zero-order chi connectivity index (χ0) is 58.7. The molecule has 2 rings (SSSR count). The third-order valence-corrected chi connectivity index (χ3v) is 18.6. The second-order valence-corrected chi connectivity index (χ2v) is 31.2. The number of aromatic hydroxyl groups is 2. The number of rotatable bonds is 42. The summed E-state index contributed by atoms with van der Waals surface area (Å²) in [4.78, 5) is 9.90. The van der Waals surface area contributed by atoms with Crippen LogP contribution in [0.25, 0.3) is 0 Å². The summed E-state index contributed by atoms with van der Waals surface area (Å²) in [7, 11) is -7.02. The molecule has 79 heavy (non-hydrogen) atoms. The van der Waals surface area contributed by atoms with Gasteiger partial charge in [-0.05, 0) is 74.8 Å². The van der Waals surface area contributed by atoms with E-state index in [0.29, 0.717) is 24.5 Å². The van der Waals surface area contributed by atoms with Crippen molar-refractivity contribution in [2.45, 2.75) is 343 Å². The summed E-state index contributed by atoms with van der Waals surface area (Å²) in [5.41, 5.74) is 3.99. The maximum absolute atomic E-state index is 14.4. The van der Waals surface area contributed by atoms with Crippen LogP contribution >= 0.6 is 15.2 Å². The molecule has 0 spiro atoms. The molecule has 2 aromatic carbocycles. The molecule has 0 amide bonds. The van der Waals surface area contributed by atoms with Crippen LogP contribution in [0.2, 0.25) is 0 Å². The third kappa shape index (κ3) is 36.9. The summed E-state index contributed by atoms with van der Waals surface area (Å²) in [6.07, 6.45) is 42.7. The Labute approximate surface area is 522 Å². The molecule has 0 aliphatic carbocycles. The summed E-state index contributed by atoms with van der Waals surface area (Å²) in [5, 5.41) is 21.9. The standard InChI is InChI=1S/C51H97O4P.C17H29O4P.Ca.2H/c1-9-11-13-15-17-19-21-23-25-27-29-31-33-35-37-39-41-54-56(53,45-46-43-47(50(3,4)5)49(52)48(44-46)51(6,7)8)55-42-40-38-36-34-32-30-28-26-24-22-20-18-16-14-12-10-2;1-8-21-22(19,20)11-12-9-13(16(2,3)4)15(18)14(10-12)17(5,6)7;;;/h43-44,52H,9-42,45H2,1-8H3;9-10,18H,8,11H2,1-7H3,(H,19,20);;;/q;;+2;2*-1. The fourth-order valence-electron chi connectivity index (χ4n) is 10.4. The molecule has 0 aromatic heterocycles. The first-order chi connectivity index (χ1) is 36.6. The first-order valence-corrected chi connectivity index (χ1v) is 35.7. The van der Waals surface area contributed by atoms with Gasteiger partial charge >= 0.3 is 52.9 Å². The van der Waals surface area contributed by atoms with Crippen molar-refractivity contribution in [3.8, 4) is 11.5 Å². The first-order valence-electron chi connectivity index (χ1n) is 32.2. The molecule has 0 heterocycles. The van der Waals surface area contributed by atoms with E-state index in [0.717, 1.165) is 53.5 Å². The number of phenolic OH excluding ortho intramolecular Hbond substituents is 2. The molecule has 2 aromatic rings. The minimum Gasteiger partial charge on any atom is -1.00 e. The van der Waals surface area contributed by atoms with E-state index >= 15 is 0 Å². The molecule has 1 unspecified atom stereocenters. The number of hydrogen-bond donors (Lipinski definition) is 3. The van der Waals surface area contributed by atoms with Crippen molar-refractivity contribution in [2.75, 3.05) is 19.8 Å². The predicted octanol–water partition coefficient (Wildman–Crippen LogP) is 22.8. The van der Waals surface area contributed by atoms with Crippen LogP contribution in [0.4, 0.5) is 0 Å². The van der Waals surface area contributed by atoms with Gasteiger partial charge in [-0.25, -0.2) is 0 Å². The van der Waals surface area contributed by atoms with E-state index in [1.54, 1.807) is 6.92 Å². The number of phenols is 2. The number of unbranched alkanes of at least 4 members (excludes halogenated alkanes) is 30. The van der Waals surface area contributed by atoms with Crippen molar-refractivity contribution >= 4 is 52.9 Å². The van der Waals surface area contributed by atoms with E-state index in [1.807, 2.05) is 65.8 Å². The van der Waals surface area contributed by atoms with Crippen molar-refractivity contribution < 1.29 is 40.7 Å². The Hall–Kier alpha value is -0.400. The Morgan fingerprint density at radius 3 is 0.797 bits per heavy atom. The van der Waals surface area contributed by atoms with Crippen LogP contribution in [0.15, 0.2) is 24.3 Å². The third-order valence-electron chi connectivity index (χ3n) is 15.2. The molecule has 0 fully saturated rings. The Morgan fingerprint density at radius 1 is 0.367 bits per heavy atom. The summed E-state index contributed by atoms with van der Waals surface area (Å²) < 4.78 is 43.9. The van der Waals surface area contributed by atoms with Crippen LogP contribution in [-0.2, 0) is 56.7 Å². The zero-order valence-corrected chi connectivity index (χ0v) is 58.5. The van der Waals surface area contributed by atoms with Crippen LogP contribution in [0, 0.1) is 0 Å². The average Bonchev–Trinajstić information content (AvgIpc) is 3.33. The minimum absolute atomic E-state index is 0. The fourth-order valence-corrected chi connectivity index (χ4v) is 13.2. The van der Waals surface area contributed by atoms with E-state index in [9.17, 15) is 24.2 Å². The second kappa shape index (κ2) is 42.4. The zero-order valence-electron chi connectivity index (χ0n) is 56.5. The molecule has 0 bridgehead atoms. The van der Waals surface area contributed by atoms with Gasteiger partial charge in [0.2, 0.25) is 0 Å². The van der Waals surface area contributed by atoms with Gasteiger partial charge in [-0.2, -0.15) is 0 Å². The Bertz CT molecular complexity index is 1860. The fraction of sp³-hybridized carbons (Fsp3) is 0.824. The quantitative estimate of drug-likeness (QED) is 0.0341. The van der Waals surface area contributed by atoms with Crippen LogP contribution in [0.3, 0.4) is 0 Å². The second-order valence-electron chi connectivity index (χ2n) is 27.3. The molecule has 0 saturated carbocycles. The van der Waals surface area contributed by atoms with Crippen molar-refractivity contribution in [1.82, 2.24) is 0 Å². The van der Waals surface area contributed by atoms with Gasteiger partial charge in [-0.1, -0.05) is 314 Å². The monoisotopic (exact) mass is 1170 g/mol. The van der Waals surface area contributed by atoms with Crippen LogP contribution in [-0.4, -0.2) is 72.7 Å². The van der Waals surface area contributed by atoms with Gasteiger partial charge in [0.05, 0.1) is 32.1 Å². The minimum atomic E-state index is -3.66. The molecule has 0 radical (unpaired) electrons. The van der Waals surface area contributed by atoms with Crippen LogP contribution in [0.1, 0.15) is 346 Å². The summed E-state index contributed by atoms with van der Waals surface area (Å²) >= 11 is 0. The first kappa shape index (κ1) is 78.6. The van der Waals surface area contributed by atoms with E-state index in [4.69, 9.17) is 13.6 Å². The molecule has 1 atom stereocenters. The SMILES string of the molecule is CCCCCCCCCCCCCCCCCCOP(=O)(Cc1cc(C(C)(C)C)c(O)c(C(C)(C)C)c1)OCCCCCCCCCCCCCCCCCC.CCOP(=O)(O)Cc1cc(C(C)(C)C)c(O)c(C(C)(C)C)c1.[Ca+2].[H-].[H-]. The van der Waals surface area contributed by atoms with Crippen LogP contribution in [0.5, 0.6) is 11.5 Å².